The highest BCUT2D eigenvalue weighted by atomic mass is 32.1. The van der Waals surface area contributed by atoms with Crippen LogP contribution in [0.2, 0.25) is 0 Å². The zero-order valence-electron chi connectivity index (χ0n) is 10.2. The molecule has 0 saturated heterocycles. The molecule has 1 aromatic rings. The third-order valence-electron chi connectivity index (χ3n) is 1.43. The van der Waals surface area contributed by atoms with Crippen LogP contribution in [0.1, 0.15) is 12.6 Å². The largest absolute Gasteiger partial charge is 0.431 e. The van der Waals surface area contributed by atoms with Crippen LogP contribution in [0.25, 0.3) is 0 Å². The minimum atomic E-state index is -4.38. The van der Waals surface area contributed by atoms with Gasteiger partial charge in [-0.2, -0.15) is 13.2 Å². The van der Waals surface area contributed by atoms with Crippen LogP contribution in [0.5, 0.6) is 0 Å². The van der Waals surface area contributed by atoms with E-state index in [0.29, 0.717) is 0 Å². The van der Waals surface area contributed by atoms with Crippen molar-refractivity contribution >= 4 is 12.2 Å². The number of nitrogens with one attached hydrogen (secondary N) is 1. The van der Waals surface area contributed by atoms with Gasteiger partial charge in [0.15, 0.2) is 4.77 Å². The topological polar surface area (TPSA) is 28.7 Å². The number of halogens is 3. The van der Waals surface area contributed by atoms with Crippen molar-refractivity contribution in [3.8, 4) is 47.9 Å². The summed E-state index contributed by atoms with van der Waals surface area (Å²) in [6.45, 7) is 1.71. The summed E-state index contributed by atoms with van der Waals surface area (Å²) in [6, 6.07) is 0.829. The van der Waals surface area contributed by atoms with Crippen molar-refractivity contribution in [2.24, 2.45) is 0 Å². The molecule has 100 valence electrons. The van der Waals surface area contributed by atoms with Gasteiger partial charge in [0, 0.05) is 6.20 Å². The first kappa shape index (κ1) is 17.3. The number of hydrogen-bond donors (Lipinski definition) is 1. The second-order valence-corrected chi connectivity index (χ2v) is 3.19. The number of rotatable bonds is 0. The Kier molecular flexibility index (Phi) is 8.05. The Bertz CT molecular complexity index is 720. The number of aromatic nitrogens is 2. The maximum atomic E-state index is 11.9. The Morgan fingerprint density at radius 3 is 2.25 bits per heavy atom. The average Bonchev–Trinajstić information content (AvgIpc) is 2.38. The SMILES string of the molecule is C#CC#CC#CC#CC.FC(F)(F)c1ccnc(=S)[nH]1. The van der Waals surface area contributed by atoms with Gasteiger partial charge in [-0.15, -0.1) is 6.42 Å². The summed E-state index contributed by atoms with van der Waals surface area (Å²) in [5.74, 6) is 17.0. The molecule has 0 fully saturated rings. The molecule has 1 N–H and O–H groups in total. The molecule has 1 rings (SSSR count). The molecule has 0 bridgehead atoms. The molecule has 0 aliphatic heterocycles. The lowest BCUT2D eigenvalue weighted by atomic mass is 10.4. The standard InChI is InChI=1S/C9H4.C5H3F3N2S/c1-3-5-7-9-8-6-4-2;6-5(7,8)3-1-2-9-4(11)10-3/h1H,2H3;1-2H,(H,9,10,11). The zero-order valence-corrected chi connectivity index (χ0v) is 11.0. The second kappa shape index (κ2) is 9.29. The van der Waals surface area contributed by atoms with Gasteiger partial charge in [-0.05, 0) is 60.7 Å². The maximum Gasteiger partial charge on any atom is 0.431 e. The lowest BCUT2D eigenvalue weighted by Crippen LogP contribution is -2.07. The molecule has 2 nitrogen and oxygen atoms in total. The molecule has 0 aromatic carbocycles. The normalized spacial score (nSPS) is 7.95. The van der Waals surface area contributed by atoms with Gasteiger partial charge in [-0.1, -0.05) is 5.92 Å². The van der Waals surface area contributed by atoms with Crippen LogP contribution in [-0.4, -0.2) is 9.97 Å². The van der Waals surface area contributed by atoms with E-state index in [0.717, 1.165) is 12.3 Å². The first-order chi connectivity index (χ1) is 9.41. The lowest BCUT2D eigenvalue weighted by molar-refractivity contribution is -0.141. The van der Waals surface area contributed by atoms with Crippen molar-refractivity contribution in [3.63, 3.8) is 0 Å². The Morgan fingerprint density at radius 1 is 1.20 bits per heavy atom. The van der Waals surface area contributed by atoms with Crippen LogP contribution >= 0.6 is 12.2 Å². The lowest BCUT2D eigenvalue weighted by Gasteiger charge is -2.03. The van der Waals surface area contributed by atoms with E-state index >= 15 is 0 Å². The van der Waals surface area contributed by atoms with Gasteiger partial charge in [0.2, 0.25) is 0 Å². The van der Waals surface area contributed by atoms with Crippen molar-refractivity contribution in [3.05, 3.63) is 22.7 Å². The van der Waals surface area contributed by atoms with Gasteiger partial charge in [-0.25, -0.2) is 4.98 Å². The van der Waals surface area contributed by atoms with Crippen LogP contribution in [0, 0.1) is 52.6 Å². The quantitative estimate of drug-likeness (QED) is 0.588. The van der Waals surface area contributed by atoms with E-state index in [4.69, 9.17) is 6.42 Å². The van der Waals surface area contributed by atoms with Crippen LogP contribution in [0.4, 0.5) is 13.2 Å². The number of nitrogens with zero attached hydrogens (tertiary/aromatic N) is 1. The third kappa shape index (κ3) is 8.43. The first-order valence-electron chi connectivity index (χ1n) is 4.91. The van der Waals surface area contributed by atoms with E-state index < -0.39 is 11.9 Å². The molecule has 0 unspecified atom stereocenters. The van der Waals surface area contributed by atoms with E-state index in [2.05, 4.69) is 58.6 Å². The fraction of sp³-hybridized carbons (Fsp3) is 0.143. The molecule has 0 atom stereocenters. The Morgan fingerprint density at radius 2 is 1.80 bits per heavy atom. The zero-order chi connectivity index (χ0) is 15.4. The van der Waals surface area contributed by atoms with Gasteiger partial charge < -0.3 is 4.98 Å². The molecule has 0 radical (unpaired) electrons. The number of terminal acetylenes is 1. The number of alkyl halides is 3. The highest BCUT2D eigenvalue weighted by molar-refractivity contribution is 7.71. The van der Waals surface area contributed by atoms with Crippen molar-refractivity contribution < 1.29 is 13.2 Å². The molecule has 0 aliphatic rings. The number of H-pyrrole nitrogens is 1. The van der Waals surface area contributed by atoms with Gasteiger partial charge in [0.05, 0.1) is 0 Å². The molecule has 6 heteroatoms. The molecular weight excluding hydrogens is 285 g/mol. The minimum Gasteiger partial charge on any atom is -0.327 e. The van der Waals surface area contributed by atoms with Crippen LogP contribution in [0.15, 0.2) is 12.3 Å². The Hall–Kier alpha value is -2.67. The first-order valence-corrected chi connectivity index (χ1v) is 5.32. The highest BCUT2D eigenvalue weighted by Crippen LogP contribution is 2.26. The fourth-order valence-corrected chi connectivity index (χ4v) is 0.897. The summed E-state index contributed by atoms with van der Waals surface area (Å²) in [7, 11) is 0. The molecule has 20 heavy (non-hydrogen) atoms. The second-order valence-electron chi connectivity index (χ2n) is 2.81. The smallest absolute Gasteiger partial charge is 0.327 e. The Labute approximate surface area is 119 Å². The molecule has 1 heterocycles. The van der Waals surface area contributed by atoms with E-state index in [-0.39, 0.29) is 4.77 Å². The summed E-state index contributed by atoms with van der Waals surface area (Å²) in [5.41, 5.74) is -0.877. The van der Waals surface area contributed by atoms with E-state index in [9.17, 15) is 13.2 Å². The van der Waals surface area contributed by atoms with Gasteiger partial charge in [0.1, 0.15) is 5.69 Å². The maximum absolute atomic E-state index is 11.9. The predicted octanol–water partition coefficient (Wildman–Crippen LogP) is 2.81. The summed E-state index contributed by atoms with van der Waals surface area (Å²) < 4.78 is 35.4. The number of aromatic amines is 1. The van der Waals surface area contributed by atoms with Gasteiger partial charge in [0.25, 0.3) is 0 Å². The number of hydrogen-bond acceptors (Lipinski definition) is 2. The summed E-state index contributed by atoms with van der Waals surface area (Å²) >= 11 is 4.40. The molecule has 0 aliphatic carbocycles. The van der Waals surface area contributed by atoms with E-state index in [1.807, 2.05) is 4.98 Å². The van der Waals surface area contributed by atoms with Gasteiger partial charge >= 0.3 is 6.18 Å². The molecular formula is C14H7F3N2S. The van der Waals surface area contributed by atoms with Crippen LogP contribution in [-0.2, 0) is 6.18 Å². The average molecular weight is 292 g/mol. The summed E-state index contributed by atoms with van der Waals surface area (Å²) in [4.78, 5) is 5.34. The van der Waals surface area contributed by atoms with Crippen LogP contribution < -0.4 is 0 Å². The van der Waals surface area contributed by atoms with Crippen molar-refractivity contribution in [1.29, 1.82) is 0 Å². The van der Waals surface area contributed by atoms with E-state index in [1.54, 1.807) is 6.92 Å². The summed E-state index contributed by atoms with van der Waals surface area (Å²) in [5, 5.41) is 0. The molecule has 0 spiro atoms. The van der Waals surface area contributed by atoms with E-state index in [1.165, 1.54) is 0 Å². The Balaban J connectivity index is 0.000000370. The van der Waals surface area contributed by atoms with Gasteiger partial charge in [-0.3, -0.25) is 0 Å². The third-order valence-corrected chi connectivity index (χ3v) is 1.63. The van der Waals surface area contributed by atoms with Crippen molar-refractivity contribution in [2.45, 2.75) is 13.1 Å². The monoisotopic (exact) mass is 292 g/mol. The molecule has 1 aromatic heterocycles. The van der Waals surface area contributed by atoms with Crippen molar-refractivity contribution in [2.75, 3.05) is 0 Å². The molecule has 0 saturated carbocycles. The minimum absolute atomic E-state index is 0.167. The van der Waals surface area contributed by atoms with Crippen molar-refractivity contribution in [1.82, 2.24) is 9.97 Å². The highest BCUT2D eigenvalue weighted by Gasteiger charge is 2.31. The predicted molar refractivity (Wildman–Crippen MR) is 72.3 cm³/mol. The summed E-state index contributed by atoms with van der Waals surface area (Å²) in [6.07, 6.45) is 1.45. The fourth-order valence-electron chi connectivity index (χ4n) is 0.726. The van der Waals surface area contributed by atoms with Crippen LogP contribution in [0.3, 0.4) is 0 Å². The molecule has 0 amide bonds.